The number of benzene rings is 1. The monoisotopic (exact) mass is 382 g/mol. The largest absolute Gasteiger partial charge is 0.465 e. The Kier molecular flexibility index (Phi) is 9.19. The molecule has 0 aliphatic rings. The number of aliphatic hydroxyl groups is 1. The van der Waals surface area contributed by atoms with Gasteiger partial charge in [-0.3, -0.25) is 4.79 Å². The third-order valence-corrected chi connectivity index (χ3v) is 4.94. The summed E-state index contributed by atoms with van der Waals surface area (Å²) in [7, 11) is 0. The minimum Gasteiger partial charge on any atom is -0.465 e. The molecule has 0 bridgehead atoms. The fraction of sp³-hybridized carbons (Fsp3) is 0.526. The summed E-state index contributed by atoms with van der Waals surface area (Å²) in [5.74, 6) is -0.401. The molecule has 0 fully saturated rings. The minimum absolute atomic E-state index is 0.302. The van der Waals surface area contributed by atoms with E-state index in [9.17, 15) is 9.90 Å². The third-order valence-electron chi connectivity index (χ3n) is 3.75. The van der Waals surface area contributed by atoms with Gasteiger partial charge < -0.3 is 9.84 Å². The van der Waals surface area contributed by atoms with E-state index in [4.69, 9.17) is 4.74 Å². The van der Waals surface area contributed by atoms with E-state index in [1.807, 2.05) is 36.4 Å². The lowest BCUT2D eigenvalue weighted by atomic mass is 9.94. The number of rotatable bonds is 10. The topological polar surface area (TPSA) is 46.5 Å². The summed E-state index contributed by atoms with van der Waals surface area (Å²) in [6.45, 7) is 4.22. The molecule has 0 spiro atoms. The number of aliphatic hydroxyl groups excluding tert-OH is 1. The van der Waals surface area contributed by atoms with Crippen LogP contribution in [0.2, 0.25) is 0 Å². The summed E-state index contributed by atoms with van der Waals surface area (Å²) in [5.41, 5.74) is 0.983. The van der Waals surface area contributed by atoms with E-state index in [2.05, 4.69) is 22.9 Å². The molecule has 3 nitrogen and oxygen atoms in total. The minimum atomic E-state index is -1.08. The third kappa shape index (κ3) is 6.48. The van der Waals surface area contributed by atoms with Gasteiger partial charge in [-0.25, -0.2) is 0 Å². The quantitative estimate of drug-likeness (QED) is 0.361. The Labute approximate surface area is 147 Å². The van der Waals surface area contributed by atoms with E-state index in [0.29, 0.717) is 13.0 Å². The first-order valence-corrected chi connectivity index (χ1v) is 9.11. The Morgan fingerprint density at radius 2 is 1.96 bits per heavy atom. The number of ether oxygens (including phenoxy) is 1. The molecule has 0 aliphatic carbocycles. The lowest BCUT2D eigenvalue weighted by Crippen LogP contribution is -2.44. The van der Waals surface area contributed by atoms with Crippen molar-refractivity contribution in [1.82, 2.24) is 0 Å². The zero-order chi connectivity index (χ0) is 17.1. The Hall–Kier alpha value is -1.13. The van der Waals surface area contributed by atoms with Crippen LogP contribution in [0, 0.1) is 0 Å². The number of esters is 1. The lowest BCUT2D eigenvalue weighted by molar-refractivity contribution is -0.148. The summed E-state index contributed by atoms with van der Waals surface area (Å²) in [4.78, 5) is 12.3. The van der Waals surface area contributed by atoms with Gasteiger partial charge in [0.05, 0.1) is 12.7 Å². The van der Waals surface area contributed by atoms with Crippen LogP contribution in [-0.2, 0) is 9.53 Å². The van der Waals surface area contributed by atoms with Crippen molar-refractivity contribution in [2.45, 2.75) is 56.4 Å². The van der Waals surface area contributed by atoms with Crippen molar-refractivity contribution < 1.29 is 14.6 Å². The average molecular weight is 383 g/mol. The van der Waals surface area contributed by atoms with Gasteiger partial charge >= 0.3 is 5.97 Å². The van der Waals surface area contributed by atoms with Crippen molar-refractivity contribution in [3.05, 3.63) is 42.0 Å². The molecule has 0 saturated carbocycles. The second-order valence-corrected chi connectivity index (χ2v) is 7.02. The Morgan fingerprint density at radius 3 is 2.57 bits per heavy atom. The van der Waals surface area contributed by atoms with Crippen LogP contribution in [0.3, 0.4) is 0 Å². The first kappa shape index (κ1) is 19.9. The highest BCUT2D eigenvalue weighted by atomic mass is 79.9. The van der Waals surface area contributed by atoms with E-state index in [1.54, 1.807) is 13.0 Å². The molecule has 1 aromatic carbocycles. The molecule has 0 aromatic heterocycles. The van der Waals surface area contributed by atoms with Gasteiger partial charge in [0.1, 0.15) is 0 Å². The average Bonchev–Trinajstić information content (AvgIpc) is 2.57. The van der Waals surface area contributed by atoms with Gasteiger partial charge in [-0.05, 0) is 18.9 Å². The Bertz CT molecular complexity index is 487. The van der Waals surface area contributed by atoms with Crippen LogP contribution in [0.25, 0.3) is 6.08 Å². The molecule has 0 aliphatic heterocycles. The maximum Gasteiger partial charge on any atom is 0.325 e. The maximum absolute atomic E-state index is 12.3. The molecule has 0 radical (unpaired) electrons. The summed E-state index contributed by atoms with van der Waals surface area (Å²) < 4.78 is 4.08. The standard InChI is InChI=1S/C19H27BrO3/c1-3-5-6-10-15-19(20,18(22)23-4-2)17(21)14-13-16-11-8-7-9-12-16/h7-9,11-14,17,21H,3-6,10,15H2,1-2H3/b14-13+. The molecule has 1 aromatic rings. The summed E-state index contributed by atoms with van der Waals surface area (Å²) >= 11 is 3.47. The second kappa shape index (κ2) is 10.6. The number of halogens is 1. The Morgan fingerprint density at radius 1 is 1.26 bits per heavy atom. The van der Waals surface area contributed by atoms with E-state index in [1.165, 1.54) is 0 Å². The second-order valence-electron chi connectivity index (χ2n) is 5.61. The van der Waals surface area contributed by atoms with Crippen LogP contribution >= 0.6 is 15.9 Å². The smallest absolute Gasteiger partial charge is 0.325 e. The molecule has 1 N–H and O–H groups in total. The fourth-order valence-corrected chi connectivity index (χ4v) is 2.90. The van der Waals surface area contributed by atoms with E-state index in [0.717, 1.165) is 31.2 Å². The summed E-state index contributed by atoms with van der Waals surface area (Å²) in [6.07, 6.45) is 7.25. The molecule has 0 heterocycles. The Balaban J connectivity index is 2.80. The van der Waals surface area contributed by atoms with Gasteiger partial charge in [-0.2, -0.15) is 0 Å². The number of carbonyl (C=O) groups excluding carboxylic acids is 1. The molecular formula is C19H27BrO3. The maximum atomic E-state index is 12.3. The highest BCUT2D eigenvalue weighted by molar-refractivity contribution is 9.10. The molecule has 0 saturated heterocycles. The van der Waals surface area contributed by atoms with Crippen molar-refractivity contribution in [2.75, 3.05) is 6.61 Å². The molecule has 128 valence electrons. The molecule has 0 amide bonds. The predicted molar refractivity (Wildman–Crippen MR) is 98.5 cm³/mol. The van der Waals surface area contributed by atoms with Gasteiger partial charge in [0, 0.05) is 0 Å². The van der Waals surface area contributed by atoms with Crippen LogP contribution in [0.5, 0.6) is 0 Å². The van der Waals surface area contributed by atoms with Crippen molar-refractivity contribution >= 4 is 28.0 Å². The van der Waals surface area contributed by atoms with Crippen molar-refractivity contribution in [2.24, 2.45) is 0 Å². The van der Waals surface area contributed by atoms with Gasteiger partial charge in [0.25, 0.3) is 0 Å². The molecule has 2 unspecified atom stereocenters. The zero-order valence-corrected chi connectivity index (χ0v) is 15.6. The molecule has 4 heteroatoms. The van der Waals surface area contributed by atoms with Crippen LogP contribution < -0.4 is 0 Å². The molecular weight excluding hydrogens is 356 g/mol. The van der Waals surface area contributed by atoms with Crippen molar-refractivity contribution in [3.8, 4) is 0 Å². The van der Waals surface area contributed by atoms with E-state index < -0.39 is 16.4 Å². The molecule has 2 atom stereocenters. The first-order chi connectivity index (χ1) is 11.0. The first-order valence-electron chi connectivity index (χ1n) is 8.32. The number of alkyl halides is 1. The van der Waals surface area contributed by atoms with Crippen LogP contribution in [-0.4, -0.2) is 28.1 Å². The highest BCUT2D eigenvalue weighted by Gasteiger charge is 2.42. The normalized spacial score (nSPS) is 15.3. The van der Waals surface area contributed by atoms with Gasteiger partial charge in [-0.1, -0.05) is 91.0 Å². The number of unbranched alkanes of at least 4 members (excludes halogenated alkanes) is 3. The summed E-state index contributed by atoms with van der Waals surface area (Å²) in [5, 5.41) is 10.5. The van der Waals surface area contributed by atoms with Crippen LogP contribution in [0.4, 0.5) is 0 Å². The van der Waals surface area contributed by atoms with Crippen LogP contribution in [0.1, 0.15) is 51.5 Å². The van der Waals surface area contributed by atoms with Crippen molar-refractivity contribution in [1.29, 1.82) is 0 Å². The van der Waals surface area contributed by atoms with Crippen molar-refractivity contribution in [3.63, 3.8) is 0 Å². The van der Waals surface area contributed by atoms with E-state index in [-0.39, 0.29) is 0 Å². The van der Waals surface area contributed by atoms with Gasteiger partial charge in [-0.15, -0.1) is 0 Å². The van der Waals surface area contributed by atoms with Gasteiger partial charge in [0.2, 0.25) is 0 Å². The SMILES string of the molecule is CCCCCCC(Br)(C(=O)OCC)C(O)/C=C/c1ccccc1. The molecule has 23 heavy (non-hydrogen) atoms. The number of carbonyl (C=O) groups is 1. The number of hydrogen-bond donors (Lipinski definition) is 1. The number of hydrogen-bond acceptors (Lipinski definition) is 3. The van der Waals surface area contributed by atoms with E-state index >= 15 is 0 Å². The van der Waals surface area contributed by atoms with Crippen LogP contribution in [0.15, 0.2) is 36.4 Å². The fourth-order valence-electron chi connectivity index (χ4n) is 2.35. The molecule has 1 rings (SSSR count). The highest BCUT2D eigenvalue weighted by Crippen LogP contribution is 2.32. The predicted octanol–water partition coefficient (Wildman–Crippen LogP) is 4.73. The summed E-state index contributed by atoms with van der Waals surface area (Å²) in [6, 6.07) is 9.71. The zero-order valence-electron chi connectivity index (χ0n) is 14.0. The lowest BCUT2D eigenvalue weighted by Gasteiger charge is -2.28. The van der Waals surface area contributed by atoms with Gasteiger partial charge in [0.15, 0.2) is 4.32 Å².